The van der Waals surface area contributed by atoms with Gasteiger partial charge >= 0.3 is 5.97 Å². The van der Waals surface area contributed by atoms with Gasteiger partial charge in [0.2, 0.25) is 0 Å². The van der Waals surface area contributed by atoms with Gasteiger partial charge in [0, 0.05) is 6.42 Å². The molecule has 17 heavy (non-hydrogen) atoms. The Morgan fingerprint density at radius 2 is 1.47 bits per heavy atom. The fourth-order valence-electron chi connectivity index (χ4n) is 1.96. The Kier molecular flexibility index (Phi) is 11.5. The Labute approximate surface area is 105 Å². The lowest BCUT2D eigenvalue weighted by molar-refractivity contribution is -0.137. The maximum atomic E-state index is 10.3. The van der Waals surface area contributed by atoms with E-state index in [9.17, 15) is 9.90 Å². The minimum atomic E-state index is -0.707. The van der Waals surface area contributed by atoms with E-state index in [2.05, 4.69) is 6.92 Å². The van der Waals surface area contributed by atoms with E-state index in [1.165, 1.54) is 19.3 Å². The molecule has 0 fully saturated rings. The van der Waals surface area contributed by atoms with Gasteiger partial charge in [0.25, 0.3) is 0 Å². The van der Waals surface area contributed by atoms with E-state index in [1.807, 2.05) is 0 Å². The first kappa shape index (κ1) is 16.4. The van der Waals surface area contributed by atoms with Gasteiger partial charge in [-0.3, -0.25) is 4.79 Å². The molecule has 0 amide bonds. The number of hydrogen-bond acceptors (Lipinski definition) is 2. The van der Waals surface area contributed by atoms with Gasteiger partial charge in [-0.2, -0.15) is 0 Å². The van der Waals surface area contributed by atoms with Crippen LogP contribution >= 0.6 is 0 Å². The monoisotopic (exact) mass is 244 g/mol. The van der Waals surface area contributed by atoms with Crippen molar-refractivity contribution in [3.8, 4) is 0 Å². The van der Waals surface area contributed by atoms with Crippen LogP contribution in [-0.2, 0) is 4.79 Å². The van der Waals surface area contributed by atoms with Crippen molar-refractivity contribution in [1.29, 1.82) is 0 Å². The van der Waals surface area contributed by atoms with E-state index in [4.69, 9.17) is 5.11 Å². The second-order valence-corrected chi connectivity index (χ2v) is 4.85. The van der Waals surface area contributed by atoms with Crippen LogP contribution in [0, 0.1) is 0 Å². The number of aliphatic carboxylic acids is 1. The standard InChI is InChI=1S/C14H28O3/c1-2-3-4-7-10-13(15)11-8-5-6-9-12-14(16)17/h13,15H,2-12H2,1H3,(H,16,17)/t13-/m0/s1. The second kappa shape index (κ2) is 11.9. The van der Waals surface area contributed by atoms with Crippen molar-refractivity contribution in [3.05, 3.63) is 0 Å². The van der Waals surface area contributed by atoms with Crippen LogP contribution in [0.25, 0.3) is 0 Å². The van der Waals surface area contributed by atoms with E-state index in [1.54, 1.807) is 0 Å². The molecule has 0 saturated heterocycles. The topological polar surface area (TPSA) is 57.5 Å². The van der Waals surface area contributed by atoms with E-state index in [0.717, 1.165) is 44.9 Å². The number of rotatable bonds is 12. The maximum absolute atomic E-state index is 10.3. The Bertz CT molecular complexity index is 180. The van der Waals surface area contributed by atoms with Gasteiger partial charge in [0.1, 0.15) is 0 Å². The fourth-order valence-corrected chi connectivity index (χ4v) is 1.96. The highest BCUT2D eigenvalue weighted by molar-refractivity contribution is 5.66. The molecule has 0 aliphatic heterocycles. The van der Waals surface area contributed by atoms with E-state index in [-0.39, 0.29) is 12.5 Å². The van der Waals surface area contributed by atoms with Crippen molar-refractivity contribution in [2.24, 2.45) is 0 Å². The summed E-state index contributed by atoms with van der Waals surface area (Å²) in [6.07, 6.45) is 10.6. The lowest BCUT2D eigenvalue weighted by Gasteiger charge is -2.09. The summed E-state index contributed by atoms with van der Waals surface area (Å²) in [5.41, 5.74) is 0. The molecule has 0 aromatic carbocycles. The van der Waals surface area contributed by atoms with Gasteiger partial charge in [-0.25, -0.2) is 0 Å². The molecule has 3 heteroatoms. The minimum Gasteiger partial charge on any atom is -0.481 e. The van der Waals surface area contributed by atoms with E-state index >= 15 is 0 Å². The van der Waals surface area contributed by atoms with Crippen LogP contribution in [0.2, 0.25) is 0 Å². The van der Waals surface area contributed by atoms with Gasteiger partial charge in [0.05, 0.1) is 6.10 Å². The summed E-state index contributed by atoms with van der Waals surface area (Å²) < 4.78 is 0. The van der Waals surface area contributed by atoms with Crippen LogP contribution in [0.1, 0.15) is 77.6 Å². The molecular weight excluding hydrogens is 216 g/mol. The van der Waals surface area contributed by atoms with Crippen LogP contribution in [0.4, 0.5) is 0 Å². The highest BCUT2D eigenvalue weighted by Gasteiger charge is 2.03. The van der Waals surface area contributed by atoms with E-state index < -0.39 is 5.97 Å². The molecule has 0 aliphatic rings. The largest absolute Gasteiger partial charge is 0.481 e. The Hall–Kier alpha value is -0.570. The summed E-state index contributed by atoms with van der Waals surface area (Å²) in [6.45, 7) is 2.19. The highest BCUT2D eigenvalue weighted by Crippen LogP contribution is 2.12. The molecule has 1 atom stereocenters. The van der Waals surface area contributed by atoms with Crippen molar-refractivity contribution in [2.45, 2.75) is 83.7 Å². The number of hydrogen-bond donors (Lipinski definition) is 2. The first-order valence-electron chi connectivity index (χ1n) is 7.06. The van der Waals surface area contributed by atoms with Crippen LogP contribution in [0.15, 0.2) is 0 Å². The van der Waals surface area contributed by atoms with Gasteiger partial charge < -0.3 is 10.2 Å². The summed E-state index contributed by atoms with van der Waals surface area (Å²) in [7, 11) is 0. The number of carbonyl (C=O) groups is 1. The highest BCUT2D eigenvalue weighted by atomic mass is 16.4. The molecule has 0 aliphatic carbocycles. The summed E-state index contributed by atoms with van der Waals surface area (Å²) in [5, 5.41) is 18.2. The van der Waals surface area contributed by atoms with E-state index in [0.29, 0.717) is 0 Å². The number of carboxylic acid groups (broad SMARTS) is 1. The molecule has 102 valence electrons. The Morgan fingerprint density at radius 3 is 2.00 bits per heavy atom. The predicted octanol–water partition coefficient (Wildman–Crippen LogP) is 3.74. The third-order valence-corrected chi connectivity index (χ3v) is 3.07. The van der Waals surface area contributed by atoms with Crippen molar-refractivity contribution in [2.75, 3.05) is 0 Å². The van der Waals surface area contributed by atoms with Gasteiger partial charge in [-0.1, -0.05) is 51.9 Å². The molecule has 3 nitrogen and oxygen atoms in total. The summed E-state index contributed by atoms with van der Waals surface area (Å²) >= 11 is 0. The van der Waals surface area contributed by atoms with Crippen LogP contribution in [0.5, 0.6) is 0 Å². The Morgan fingerprint density at radius 1 is 0.941 bits per heavy atom. The average Bonchev–Trinajstić information content (AvgIpc) is 2.29. The normalized spacial score (nSPS) is 12.6. The molecule has 0 bridgehead atoms. The van der Waals surface area contributed by atoms with Crippen LogP contribution in [0.3, 0.4) is 0 Å². The molecule has 0 aromatic heterocycles. The zero-order valence-corrected chi connectivity index (χ0v) is 11.2. The molecule has 0 rings (SSSR count). The number of aliphatic hydroxyl groups excluding tert-OH is 1. The van der Waals surface area contributed by atoms with Gasteiger partial charge in [0.15, 0.2) is 0 Å². The predicted molar refractivity (Wildman–Crippen MR) is 70.1 cm³/mol. The third-order valence-electron chi connectivity index (χ3n) is 3.07. The zero-order valence-electron chi connectivity index (χ0n) is 11.2. The molecule has 0 aromatic rings. The molecule has 0 heterocycles. The smallest absolute Gasteiger partial charge is 0.303 e. The van der Waals surface area contributed by atoms with Crippen LogP contribution < -0.4 is 0 Å². The number of unbranched alkanes of at least 4 members (excludes halogenated alkanes) is 6. The summed E-state index contributed by atoms with van der Waals surface area (Å²) in [5.74, 6) is -0.707. The number of carboxylic acids is 1. The Balaban J connectivity index is 3.16. The van der Waals surface area contributed by atoms with Crippen molar-refractivity contribution < 1.29 is 15.0 Å². The molecule has 0 saturated carbocycles. The summed E-state index contributed by atoms with van der Waals surface area (Å²) in [6, 6.07) is 0. The SMILES string of the molecule is CCCCCC[C@H](O)CCCCCCC(=O)O. The van der Waals surface area contributed by atoms with Crippen molar-refractivity contribution in [1.82, 2.24) is 0 Å². The lowest BCUT2D eigenvalue weighted by atomic mass is 10.0. The molecule has 2 N–H and O–H groups in total. The van der Waals surface area contributed by atoms with Crippen molar-refractivity contribution >= 4 is 5.97 Å². The van der Waals surface area contributed by atoms with Crippen molar-refractivity contribution in [3.63, 3.8) is 0 Å². The molecule has 0 unspecified atom stereocenters. The first-order chi connectivity index (χ1) is 8.16. The summed E-state index contributed by atoms with van der Waals surface area (Å²) in [4.78, 5) is 10.3. The molecule has 0 radical (unpaired) electrons. The average molecular weight is 244 g/mol. The third kappa shape index (κ3) is 13.4. The lowest BCUT2D eigenvalue weighted by Crippen LogP contribution is -2.06. The number of aliphatic hydroxyl groups is 1. The first-order valence-corrected chi connectivity index (χ1v) is 7.06. The second-order valence-electron chi connectivity index (χ2n) is 4.85. The molecular formula is C14H28O3. The zero-order chi connectivity index (χ0) is 12.9. The van der Waals surface area contributed by atoms with Gasteiger partial charge in [-0.15, -0.1) is 0 Å². The van der Waals surface area contributed by atoms with Crippen LogP contribution in [-0.4, -0.2) is 22.3 Å². The molecule has 0 spiro atoms. The quantitative estimate of drug-likeness (QED) is 0.514. The van der Waals surface area contributed by atoms with Gasteiger partial charge in [-0.05, 0) is 19.3 Å². The fraction of sp³-hybridized carbons (Fsp3) is 0.929. The minimum absolute atomic E-state index is 0.147. The maximum Gasteiger partial charge on any atom is 0.303 e.